The summed E-state index contributed by atoms with van der Waals surface area (Å²) in [6.07, 6.45) is -0.569. The molecule has 0 radical (unpaired) electrons. The first-order valence-corrected chi connectivity index (χ1v) is 2.94. The van der Waals surface area contributed by atoms with Gasteiger partial charge in [0.15, 0.2) is 5.82 Å². The Kier molecular flexibility index (Phi) is 2.08. The van der Waals surface area contributed by atoms with Crippen molar-refractivity contribution in [1.29, 1.82) is 0 Å². The van der Waals surface area contributed by atoms with Crippen LogP contribution in [-0.4, -0.2) is 33.1 Å². The third-order valence-electron chi connectivity index (χ3n) is 1.10. The number of nitrogens with one attached hydrogen (secondary N) is 1. The Morgan fingerprint density at radius 3 is 2.73 bits per heavy atom. The molecule has 0 bridgehead atoms. The van der Waals surface area contributed by atoms with Crippen molar-refractivity contribution in [2.75, 3.05) is 6.54 Å². The van der Waals surface area contributed by atoms with Crippen LogP contribution in [0.2, 0.25) is 0 Å². The van der Waals surface area contributed by atoms with Crippen LogP contribution < -0.4 is 5.73 Å². The summed E-state index contributed by atoms with van der Waals surface area (Å²) in [4.78, 5) is 0. The number of tetrazole rings is 1. The summed E-state index contributed by atoms with van der Waals surface area (Å²) in [5.74, 6) is -2.97. The van der Waals surface area contributed by atoms with Gasteiger partial charge in [0.1, 0.15) is 0 Å². The molecule has 0 saturated heterocycles. The number of rotatable bonds is 3. The van der Waals surface area contributed by atoms with Crippen molar-refractivity contribution in [3.05, 3.63) is 5.82 Å². The minimum absolute atomic E-state index is 0.0274. The standard InChI is InChI=1S/C4H7F2N5/c5-4(6,2-7)1-3-8-10-11-9-3/h1-2,7H2,(H,8,9,10,11). The van der Waals surface area contributed by atoms with E-state index >= 15 is 0 Å². The molecule has 0 aromatic carbocycles. The topological polar surface area (TPSA) is 80.5 Å². The average molecular weight is 163 g/mol. The average Bonchev–Trinajstić information content (AvgIpc) is 2.39. The summed E-state index contributed by atoms with van der Waals surface area (Å²) in [6, 6.07) is 0. The van der Waals surface area contributed by atoms with Crippen LogP contribution >= 0.6 is 0 Å². The first-order chi connectivity index (χ1) is 5.14. The zero-order valence-electron chi connectivity index (χ0n) is 5.59. The van der Waals surface area contributed by atoms with Gasteiger partial charge in [-0.2, -0.15) is 5.21 Å². The monoisotopic (exact) mass is 163 g/mol. The van der Waals surface area contributed by atoms with E-state index in [1.165, 1.54) is 0 Å². The van der Waals surface area contributed by atoms with Gasteiger partial charge in [-0.05, 0) is 0 Å². The van der Waals surface area contributed by atoms with Gasteiger partial charge >= 0.3 is 0 Å². The minimum Gasteiger partial charge on any atom is -0.325 e. The predicted molar refractivity (Wildman–Crippen MR) is 31.9 cm³/mol. The van der Waals surface area contributed by atoms with Crippen LogP contribution in [0, 0.1) is 0 Å². The van der Waals surface area contributed by atoms with Crippen molar-refractivity contribution in [2.24, 2.45) is 5.73 Å². The van der Waals surface area contributed by atoms with Crippen LogP contribution in [0.1, 0.15) is 5.82 Å². The zero-order valence-corrected chi connectivity index (χ0v) is 5.59. The van der Waals surface area contributed by atoms with Crippen LogP contribution in [0.4, 0.5) is 8.78 Å². The Bertz CT molecular complexity index is 208. The molecule has 1 aromatic heterocycles. The highest BCUT2D eigenvalue weighted by Gasteiger charge is 2.28. The summed E-state index contributed by atoms with van der Waals surface area (Å²) >= 11 is 0. The minimum atomic E-state index is -2.94. The number of alkyl halides is 2. The molecular formula is C4H7F2N5. The molecule has 11 heavy (non-hydrogen) atoms. The molecule has 0 aliphatic rings. The van der Waals surface area contributed by atoms with Gasteiger partial charge in [0.2, 0.25) is 0 Å². The molecular weight excluding hydrogens is 156 g/mol. The third-order valence-corrected chi connectivity index (χ3v) is 1.10. The number of aromatic amines is 1. The fraction of sp³-hybridized carbons (Fsp3) is 0.750. The van der Waals surface area contributed by atoms with E-state index < -0.39 is 18.9 Å². The maximum atomic E-state index is 12.5. The predicted octanol–water partition coefficient (Wildman–Crippen LogP) is -0.664. The van der Waals surface area contributed by atoms with E-state index in [0.717, 1.165) is 0 Å². The quantitative estimate of drug-likeness (QED) is 0.619. The summed E-state index contributed by atoms with van der Waals surface area (Å²) in [5, 5.41) is 11.9. The lowest BCUT2D eigenvalue weighted by molar-refractivity contribution is 0.00951. The van der Waals surface area contributed by atoms with Gasteiger partial charge < -0.3 is 5.73 Å². The van der Waals surface area contributed by atoms with Gasteiger partial charge in [-0.25, -0.2) is 8.78 Å². The van der Waals surface area contributed by atoms with E-state index in [9.17, 15) is 8.78 Å². The zero-order chi connectivity index (χ0) is 8.32. The summed E-state index contributed by atoms with van der Waals surface area (Å²) in [7, 11) is 0. The summed E-state index contributed by atoms with van der Waals surface area (Å²) in [6.45, 7) is -0.707. The lowest BCUT2D eigenvalue weighted by Crippen LogP contribution is -2.30. The Balaban J connectivity index is 2.56. The van der Waals surface area contributed by atoms with Crippen LogP contribution in [0.15, 0.2) is 0 Å². The molecule has 0 saturated carbocycles. The van der Waals surface area contributed by atoms with Gasteiger partial charge in [0.25, 0.3) is 5.92 Å². The highest BCUT2D eigenvalue weighted by molar-refractivity contribution is 4.85. The Labute approximate surface area is 61.0 Å². The smallest absolute Gasteiger partial charge is 0.267 e. The maximum absolute atomic E-state index is 12.5. The van der Waals surface area contributed by atoms with Crippen molar-refractivity contribution >= 4 is 0 Å². The molecule has 0 atom stereocenters. The normalized spacial score (nSPS) is 11.9. The van der Waals surface area contributed by atoms with Gasteiger partial charge in [-0.1, -0.05) is 5.21 Å². The number of nitrogens with two attached hydrogens (primary N) is 1. The third kappa shape index (κ3) is 2.19. The van der Waals surface area contributed by atoms with Gasteiger partial charge in [-0.3, -0.25) is 0 Å². The van der Waals surface area contributed by atoms with Crippen molar-refractivity contribution < 1.29 is 8.78 Å². The van der Waals surface area contributed by atoms with Crippen LogP contribution in [0.25, 0.3) is 0 Å². The summed E-state index contributed by atoms with van der Waals surface area (Å²) in [5.41, 5.74) is 4.79. The van der Waals surface area contributed by atoms with Crippen LogP contribution in [-0.2, 0) is 6.42 Å². The number of nitrogens with zero attached hydrogens (tertiary/aromatic N) is 3. The molecule has 0 amide bonds. The molecule has 0 unspecified atom stereocenters. The summed E-state index contributed by atoms with van der Waals surface area (Å²) < 4.78 is 24.9. The highest BCUT2D eigenvalue weighted by atomic mass is 19.3. The second-order valence-corrected chi connectivity index (χ2v) is 2.06. The van der Waals surface area contributed by atoms with Crippen molar-refractivity contribution in [2.45, 2.75) is 12.3 Å². The number of hydrogen-bond acceptors (Lipinski definition) is 4. The fourth-order valence-electron chi connectivity index (χ4n) is 0.561. The lowest BCUT2D eigenvalue weighted by atomic mass is 10.2. The number of aromatic nitrogens is 4. The van der Waals surface area contributed by atoms with E-state index in [0.29, 0.717) is 0 Å². The molecule has 0 spiro atoms. The lowest BCUT2D eigenvalue weighted by Gasteiger charge is -2.09. The molecule has 5 nitrogen and oxygen atoms in total. The fourth-order valence-corrected chi connectivity index (χ4v) is 0.561. The van der Waals surface area contributed by atoms with E-state index in [-0.39, 0.29) is 5.82 Å². The van der Waals surface area contributed by atoms with E-state index in [1.807, 2.05) is 0 Å². The van der Waals surface area contributed by atoms with Crippen molar-refractivity contribution in [1.82, 2.24) is 20.6 Å². The molecule has 62 valence electrons. The maximum Gasteiger partial charge on any atom is 0.267 e. The number of hydrogen-bond donors (Lipinski definition) is 2. The first kappa shape index (κ1) is 7.99. The van der Waals surface area contributed by atoms with E-state index in [1.54, 1.807) is 0 Å². The van der Waals surface area contributed by atoms with E-state index in [4.69, 9.17) is 5.73 Å². The molecule has 0 aliphatic carbocycles. The first-order valence-electron chi connectivity index (χ1n) is 2.94. The SMILES string of the molecule is NCC(F)(F)Cc1nn[nH]n1. The molecule has 0 fully saturated rings. The second-order valence-electron chi connectivity index (χ2n) is 2.06. The van der Waals surface area contributed by atoms with Crippen LogP contribution in [0.5, 0.6) is 0 Å². The van der Waals surface area contributed by atoms with Gasteiger partial charge in [0.05, 0.1) is 13.0 Å². The van der Waals surface area contributed by atoms with Gasteiger partial charge in [-0.15, -0.1) is 10.2 Å². The molecule has 0 aliphatic heterocycles. The van der Waals surface area contributed by atoms with Crippen LogP contribution in [0.3, 0.4) is 0 Å². The van der Waals surface area contributed by atoms with Gasteiger partial charge in [0, 0.05) is 0 Å². The Morgan fingerprint density at radius 1 is 1.55 bits per heavy atom. The molecule has 7 heteroatoms. The molecule has 1 rings (SSSR count). The Morgan fingerprint density at radius 2 is 2.27 bits per heavy atom. The number of H-pyrrole nitrogens is 1. The number of halogens is 2. The molecule has 3 N–H and O–H groups in total. The van der Waals surface area contributed by atoms with E-state index in [2.05, 4.69) is 20.6 Å². The molecule has 1 aromatic rings. The second kappa shape index (κ2) is 2.87. The molecule has 1 heterocycles. The van der Waals surface area contributed by atoms with Crippen molar-refractivity contribution in [3.8, 4) is 0 Å². The highest BCUT2D eigenvalue weighted by Crippen LogP contribution is 2.14. The van der Waals surface area contributed by atoms with Crippen molar-refractivity contribution in [3.63, 3.8) is 0 Å². The Hall–Kier alpha value is -1.11. The largest absolute Gasteiger partial charge is 0.325 e.